The number of aliphatic hydroxyl groups excluding tert-OH is 1. The standard InChI is InChI=1S/C21H24N2O3/c1-3-13-11-23-9-8-15-14-6-4-5-7-18(14)22-20(15)19(23)10-16(13)17(12-24)21(25)26-2/h3-7,12,16,19,22,24H,8-11H2,1-2H3/b13-3-,17-12-/t16-,19-/m0/s1. The molecule has 0 radical (unpaired) electrons. The number of hydrogen-bond donors (Lipinski definition) is 2. The van der Waals surface area contributed by atoms with E-state index in [1.54, 1.807) is 0 Å². The molecule has 2 aromatic rings. The quantitative estimate of drug-likeness (QED) is 0.375. The fourth-order valence-electron chi connectivity index (χ4n) is 4.57. The van der Waals surface area contributed by atoms with Crippen LogP contribution in [0.1, 0.15) is 30.6 Å². The number of esters is 1. The highest BCUT2D eigenvalue weighted by molar-refractivity contribution is 5.89. The molecule has 3 heterocycles. The van der Waals surface area contributed by atoms with E-state index in [1.807, 2.05) is 13.0 Å². The van der Waals surface area contributed by atoms with E-state index in [2.05, 4.69) is 34.2 Å². The van der Waals surface area contributed by atoms with Gasteiger partial charge in [-0.15, -0.1) is 0 Å². The predicted octanol–water partition coefficient (Wildman–Crippen LogP) is 3.65. The molecule has 1 aromatic carbocycles. The molecular formula is C21H24N2O3. The Kier molecular flexibility index (Phi) is 4.32. The van der Waals surface area contributed by atoms with Crippen LogP contribution in [0.15, 0.2) is 47.7 Å². The van der Waals surface area contributed by atoms with Gasteiger partial charge in [-0.05, 0) is 31.4 Å². The molecule has 2 atom stereocenters. The number of methoxy groups -OCH3 is 1. The first kappa shape index (κ1) is 16.9. The highest BCUT2D eigenvalue weighted by Gasteiger charge is 2.40. The van der Waals surface area contributed by atoms with Crippen molar-refractivity contribution < 1.29 is 14.6 Å². The van der Waals surface area contributed by atoms with Crippen LogP contribution in [0.4, 0.5) is 0 Å². The third-order valence-corrected chi connectivity index (χ3v) is 5.87. The fourth-order valence-corrected chi connectivity index (χ4v) is 4.57. The third-order valence-electron chi connectivity index (χ3n) is 5.87. The lowest BCUT2D eigenvalue weighted by Crippen LogP contribution is -2.43. The molecule has 5 heteroatoms. The van der Waals surface area contributed by atoms with Crippen molar-refractivity contribution >= 4 is 16.9 Å². The number of allylic oxidation sites excluding steroid dienone is 1. The van der Waals surface area contributed by atoms with Crippen LogP contribution in [0, 0.1) is 5.92 Å². The number of carbonyl (C=O) groups is 1. The number of piperidine rings is 1. The topological polar surface area (TPSA) is 65.6 Å². The Morgan fingerprint density at radius 1 is 1.38 bits per heavy atom. The second kappa shape index (κ2) is 6.65. The number of aliphatic hydroxyl groups is 1. The summed E-state index contributed by atoms with van der Waals surface area (Å²) in [5.41, 5.74) is 5.30. The third kappa shape index (κ3) is 2.54. The number of hydrogen-bond acceptors (Lipinski definition) is 4. The monoisotopic (exact) mass is 352 g/mol. The molecule has 0 unspecified atom stereocenters. The van der Waals surface area contributed by atoms with Crippen LogP contribution in [-0.4, -0.2) is 41.2 Å². The van der Waals surface area contributed by atoms with E-state index in [0.717, 1.165) is 37.8 Å². The largest absolute Gasteiger partial charge is 0.515 e. The number of fused-ring (bicyclic) bond motifs is 5. The maximum atomic E-state index is 12.2. The number of carbonyl (C=O) groups excluding carboxylic acids is 1. The summed E-state index contributed by atoms with van der Waals surface area (Å²) < 4.78 is 4.89. The van der Waals surface area contributed by atoms with Crippen molar-refractivity contribution in [2.45, 2.75) is 25.8 Å². The van der Waals surface area contributed by atoms with E-state index in [1.165, 1.54) is 29.3 Å². The summed E-state index contributed by atoms with van der Waals surface area (Å²) in [4.78, 5) is 18.2. The van der Waals surface area contributed by atoms with Crippen molar-refractivity contribution in [2.75, 3.05) is 20.2 Å². The molecule has 0 bridgehead atoms. The van der Waals surface area contributed by atoms with Crippen LogP contribution in [0.3, 0.4) is 0 Å². The van der Waals surface area contributed by atoms with E-state index in [4.69, 9.17) is 4.74 Å². The van der Waals surface area contributed by atoms with E-state index in [0.29, 0.717) is 5.57 Å². The molecule has 5 nitrogen and oxygen atoms in total. The van der Waals surface area contributed by atoms with Crippen molar-refractivity contribution in [3.63, 3.8) is 0 Å². The smallest absolute Gasteiger partial charge is 0.337 e. The van der Waals surface area contributed by atoms with Gasteiger partial charge < -0.3 is 14.8 Å². The van der Waals surface area contributed by atoms with Crippen LogP contribution < -0.4 is 0 Å². The van der Waals surface area contributed by atoms with E-state index in [9.17, 15) is 9.90 Å². The van der Waals surface area contributed by atoms with Gasteiger partial charge >= 0.3 is 5.97 Å². The van der Waals surface area contributed by atoms with Crippen molar-refractivity contribution in [3.8, 4) is 0 Å². The van der Waals surface area contributed by atoms with Gasteiger partial charge in [0, 0.05) is 35.6 Å². The Hall–Kier alpha value is -2.53. The lowest BCUT2D eigenvalue weighted by molar-refractivity contribution is -0.136. The number of aromatic amines is 1. The SMILES string of the molecule is C/C=C1/CN2CCc3c([nH]c4ccccc34)[C@@H]2C[C@@H]1/C(=C/O)C(=O)OC. The number of para-hydroxylation sites is 1. The molecule has 0 aliphatic carbocycles. The summed E-state index contributed by atoms with van der Waals surface area (Å²) in [7, 11) is 1.35. The Bertz CT molecular complexity index is 909. The van der Waals surface area contributed by atoms with Gasteiger partial charge in [-0.2, -0.15) is 0 Å². The summed E-state index contributed by atoms with van der Waals surface area (Å²) in [6.45, 7) is 3.79. The Balaban J connectivity index is 1.75. The zero-order valence-electron chi connectivity index (χ0n) is 15.2. The second-order valence-corrected chi connectivity index (χ2v) is 7.03. The zero-order chi connectivity index (χ0) is 18.3. The van der Waals surface area contributed by atoms with Crippen LogP contribution in [0.25, 0.3) is 10.9 Å². The first-order valence-electron chi connectivity index (χ1n) is 9.09. The van der Waals surface area contributed by atoms with E-state index < -0.39 is 5.97 Å². The second-order valence-electron chi connectivity index (χ2n) is 7.03. The van der Waals surface area contributed by atoms with Gasteiger partial charge in [-0.3, -0.25) is 4.90 Å². The predicted molar refractivity (Wildman–Crippen MR) is 101 cm³/mol. The number of nitrogens with zero attached hydrogens (tertiary/aromatic N) is 1. The Morgan fingerprint density at radius 2 is 2.19 bits per heavy atom. The molecule has 26 heavy (non-hydrogen) atoms. The molecule has 0 spiro atoms. The number of benzene rings is 1. The Labute approximate surface area is 153 Å². The van der Waals surface area contributed by atoms with Gasteiger partial charge in [0.15, 0.2) is 0 Å². The molecule has 2 aliphatic heterocycles. The molecular weight excluding hydrogens is 328 g/mol. The summed E-state index contributed by atoms with van der Waals surface area (Å²) in [6, 6.07) is 8.62. The summed E-state index contributed by atoms with van der Waals surface area (Å²) in [6.07, 6.45) is 4.76. The van der Waals surface area contributed by atoms with E-state index >= 15 is 0 Å². The van der Waals surface area contributed by atoms with Crippen LogP contribution >= 0.6 is 0 Å². The van der Waals surface area contributed by atoms with E-state index in [-0.39, 0.29) is 12.0 Å². The molecule has 1 fully saturated rings. The van der Waals surface area contributed by atoms with Gasteiger partial charge in [0.05, 0.1) is 25.0 Å². The van der Waals surface area contributed by atoms with Crippen molar-refractivity contribution in [2.24, 2.45) is 5.92 Å². The fraction of sp³-hybridized carbons (Fsp3) is 0.381. The van der Waals surface area contributed by atoms with Crippen LogP contribution in [-0.2, 0) is 16.0 Å². The minimum absolute atomic E-state index is 0.129. The first-order valence-corrected chi connectivity index (χ1v) is 9.09. The van der Waals surface area contributed by atoms with Crippen molar-refractivity contribution in [1.29, 1.82) is 0 Å². The Morgan fingerprint density at radius 3 is 2.92 bits per heavy atom. The first-order chi connectivity index (χ1) is 12.7. The number of nitrogens with one attached hydrogen (secondary N) is 1. The number of ether oxygens (including phenoxy) is 1. The molecule has 0 amide bonds. The van der Waals surface area contributed by atoms with Gasteiger partial charge in [0.1, 0.15) is 0 Å². The van der Waals surface area contributed by atoms with Crippen LogP contribution in [0.5, 0.6) is 0 Å². The van der Waals surface area contributed by atoms with Gasteiger partial charge in [0.25, 0.3) is 0 Å². The minimum Gasteiger partial charge on any atom is -0.515 e. The molecule has 1 saturated heterocycles. The normalized spacial score (nSPS) is 25.2. The molecule has 1 aromatic heterocycles. The van der Waals surface area contributed by atoms with Gasteiger partial charge in [0.2, 0.25) is 0 Å². The molecule has 2 N–H and O–H groups in total. The maximum Gasteiger partial charge on any atom is 0.337 e. The maximum absolute atomic E-state index is 12.2. The number of aromatic nitrogens is 1. The number of H-pyrrole nitrogens is 1. The lowest BCUT2D eigenvalue weighted by atomic mass is 9.78. The van der Waals surface area contributed by atoms with Crippen molar-refractivity contribution in [1.82, 2.24) is 9.88 Å². The molecule has 0 saturated carbocycles. The zero-order valence-corrected chi connectivity index (χ0v) is 15.2. The highest BCUT2D eigenvalue weighted by atomic mass is 16.5. The summed E-state index contributed by atoms with van der Waals surface area (Å²) in [5, 5.41) is 11.0. The average Bonchev–Trinajstić information content (AvgIpc) is 3.07. The highest BCUT2D eigenvalue weighted by Crippen LogP contribution is 2.44. The molecule has 4 rings (SSSR count). The summed E-state index contributed by atoms with van der Waals surface area (Å²) >= 11 is 0. The molecule has 136 valence electrons. The van der Waals surface area contributed by atoms with Gasteiger partial charge in [-0.25, -0.2) is 4.79 Å². The lowest BCUT2D eigenvalue weighted by Gasteiger charge is -2.43. The summed E-state index contributed by atoms with van der Waals surface area (Å²) in [5.74, 6) is -0.589. The van der Waals surface area contributed by atoms with Crippen molar-refractivity contribution in [3.05, 3.63) is 59.0 Å². The molecule has 2 aliphatic rings. The minimum atomic E-state index is -0.460. The van der Waals surface area contributed by atoms with Gasteiger partial charge in [-0.1, -0.05) is 29.8 Å². The average molecular weight is 352 g/mol. The van der Waals surface area contributed by atoms with Crippen LogP contribution in [0.2, 0.25) is 0 Å². The number of rotatable bonds is 2.